The maximum atomic E-state index is 11.9. The second-order valence-corrected chi connectivity index (χ2v) is 8.66. The summed E-state index contributed by atoms with van der Waals surface area (Å²) < 4.78 is 28.0. The lowest BCUT2D eigenvalue weighted by atomic mass is 9.88. The molecule has 5 heteroatoms. The maximum absolute atomic E-state index is 11.9. The van der Waals surface area contributed by atoms with Gasteiger partial charge in [0.25, 0.3) is 10.0 Å². The second kappa shape index (κ2) is 6.30. The summed E-state index contributed by atoms with van der Waals surface area (Å²) >= 11 is 0. The fourth-order valence-electron chi connectivity index (χ4n) is 3.68. The van der Waals surface area contributed by atoms with Gasteiger partial charge in [0.05, 0.1) is 5.75 Å². The molecule has 0 radical (unpaired) electrons. The van der Waals surface area contributed by atoms with Gasteiger partial charge in [0.15, 0.2) is 0 Å². The highest BCUT2D eigenvalue weighted by Gasteiger charge is 2.33. The molecule has 1 fully saturated rings. The zero-order valence-corrected chi connectivity index (χ0v) is 15.2. The molecular weight excluding hydrogens is 332 g/mol. The van der Waals surface area contributed by atoms with Crippen molar-refractivity contribution in [3.63, 3.8) is 0 Å². The minimum Gasteiger partial charge on any atom is -0.358 e. The van der Waals surface area contributed by atoms with Gasteiger partial charge < -0.3 is 4.90 Å². The van der Waals surface area contributed by atoms with Gasteiger partial charge >= 0.3 is 0 Å². The molecule has 2 aromatic rings. The van der Waals surface area contributed by atoms with Crippen LogP contribution in [0.1, 0.15) is 29.9 Å². The first-order valence-electron chi connectivity index (χ1n) is 8.76. The Labute approximate surface area is 149 Å². The quantitative estimate of drug-likeness (QED) is 0.828. The van der Waals surface area contributed by atoms with Crippen LogP contribution in [0.2, 0.25) is 0 Å². The highest BCUT2D eigenvalue weighted by atomic mass is 32.2. The summed E-state index contributed by atoms with van der Waals surface area (Å²) in [6.07, 6.45) is 2.03. The van der Waals surface area contributed by atoms with E-state index in [2.05, 4.69) is 64.8 Å². The molecule has 130 valence electrons. The topological polar surface area (TPSA) is 49.7 Å². The Morgan fingerprint density at radius 1 is 0.960 bits per heavy atom. The van der Waals surface area contributed by atoms with Gasteiger partial charge in [-0.2, -0.15) is 0 Å². The number of piperidine rings is 1. The van der Waals surface area contributed by atoms with E-state index >= 15 is 0 Å². The van der Waals surface area contributed by atoms with Crippen molar-refractivity contribution in [2.75, 3.05) is 18.8 Å². The number of amidine groups is 1. The van der Waals surface area contributed by atoms with Crippen LogP contribution in [0.25, 0.3) is 11.1 Å². The molecule has 0 N–H and O–H groups in total. The summed E-state index contributed by atoms with van der Waals surface area (Å²) in [6, 6.07) is 17.0. The average Bonchev–Trinajstić information content (AvgIpc) is 2.61. The van der Waals surface area contributed by atoms with E-state index in [-0.39, 0.29) is 11.7 Å². The first-order valence-corrected chi connectivity index (χ1v) is 10.4. The lowest BCUT2D eigenvalue weighted by molar-refractivity contribution is 0.366. The molecule has 1 atom stereocenters. The summed E-state index contributed by atoms with van der Waals surface area (Å²) in [7, 11) is -3.30. The molecule has 2 aromatic carbocycles. The molecule has 0 aliphatic carbocycles. The van der Waals surface area contributed by atoms with Crippen LogP contribution in [0.3, 0.4) is 0 Å². The molecule has 2 aliphatic rings. The Morgan fingerprint density at radius 3 is 2.28 bits per heavy atom. The van der Waals surface area contributed by atoms with Gasteiger partial charge in [0, 0.05) is 19.0 Å². The lowest BCUT2D eigenvalue weighted by Gasteiger charge is -2.37. The minimum atomic E-state index is -3.30. The van der Waals surface area contributed by atoms with Crippen molar-refractivity contribution in [1.82, 2.24) is 4.90 Å². The molecule has 1 unspecified atom stereocenters. The molecule has 0 aromatic heterocycles. The van der Waals surface area contributed by atoms with Gasteiger partial charge in [0.1, 0.15) is 5.84 Å². The third-order valence-corrected chi connectivity index (χ3v) is 6.27. The van der Waals surface area contributed by atoms with Crippen molar-refractivity contribution in [2.45, 2.75) is 25.7 Å². The molecule has 0 spiro atoms. The first-order chi connectivity index (χ1) is 12.0. The van der Waals surface area contributed by atoms with Crippen molar-refractivity contribution in [2.24, 2.45) is 4.40 Å². The van der Waals surface area contributed by atoms with Crippen LogP contribution in [-0.4, -0.2) is 38.0 Å². The fraction of sp³-hybridized carbons (Fsp3) is 0.350. The predicted octanol–water partition coefficient (Wildman–Crippen LogP) is 3.58. The van der Waals surface area contributed by atoms with E-state index < -0.39 is 10.0 Å². The van der Waals surface area contributed by atoms with Gasteiger partial charge in [0.2, 0.25) is 0 Å². The Morgan fingerprint density at radius 2 is 1.60 bits per heavy atom. The highest BCUT2D eigenvalue weighted by Crippen LogP contribution is 2.32. The number of aryl methyl sites for hydroxylation is 1. The summed E-state index contributed by atoms with van der Waals surface area (Å²) in [5, 5.41) is 0. The van der Waals surface area contributed by atoms with Crippen LogP contribution < -0.4 is 0 Å². The molecule has 1 saturated heterocycles. The normalized spacial score (nSPS) is 22.2. The Bertz CT molecular complexity index is 900. The summed E-state index contributed by atoms with van der Waals surface area (Å²) in [5.41, 5.74) is 4.77. The van der Waals surface area contributed by atoms with Gasteiger partial charge in [-0.05, 0) is 36.5 Å². The van der Waals surface area contributed by atoms with Crippen LogP contribution >= 0.6 is 0 Å². The number of nitrogens with zero attached hydrogens (tertiary/aromatic N) is 2. The van der Waals surface area contributed by atoms with E-state index in [1.54, 1.807) is 0 Å². The number of sulfonamides is 1. The molecule has 0 saturated carbocycles. The highest BCUT2D eigenvalue weighted by molar-refractivity contribution is 7.90. The zero-order valence-electron chi connectivity index (χ0n) is 14.4. The lowest BCUT2D eigenvalue weighted by Crippen LogP contribution is -2.46. The van der Waals surface area contributed by atoms with Gasteiger partial charge in [-0.25, -0.2) is 8.42 Å². The SMILES string of the molecule is Cc1ccc(-c2ccc(C3CCCN4CCS(=O)(=O)N=C34)cc2)cc1. The monoisotopic (exact) mass is 354 g/mol. The maximum Gasteiger partial charge on any atom is 0.256 e. The van der Waals surface area contributed by atoms with Crippen molar-refractivity contribution in [3.8, 4) is 11.1 Å². The molecule has 2 heterocycles. The van der Waals surface area contributed by atoms with Gasteiger partial charge in [-0.3, -0.25) is 0 Å². The van der Waals surface area contributed by atoms with E-state index in [4.69, 9.17) is 0 Å². The van der Waals surface area contributed by atoms with E-state index in [0.717, 1.165) is 30.8 Å². The van der Waals surface area contributed by atoms with Crippen LogP contribution in [0.5, 0.6) is 0 Å². The minimum absolute atomic E-state index is 0.0795. The zero-order chi connectivity index (χ0) is 17.4. The van der Waals surface area contributed by atoms with E-state index in [9.17, 15) is 8.42 Å². The second-order valence-electron chi connectivity index (χ2n) is 6.91. The van der Waals surface area contributed by atoms with Crippen molar-refractivity contribution < 1.29 is 8.42 Å². The number of hydrogen-bond donors (Lipinski definition) is 0. The standard InChI is InChI=1S/C20H22N2O2S/c1-15-4-6-16(7-5-15)17-8-10-18(11-9-17)19-3-2-12-22-13-14-25(23,24)21-20(19)22/h4-11,19H,2-3,12-14H2,1H3. The van der Waals surface area contributed by atoms with Gasteiger partial charge in [-0.15, -0.1) is 4.40 Å². The van der Waals surface area contributed by atoms with Crippen molar-refractivity contribution in [1.29, 1.82) is 0 Å². The van der Waals surface area contributed by atoms with Crippen molar-refractivity contribution in [3.05, 3.63) is 59.7 Å². The number of fused-ring (bicyclic) bond motifs is 1. The van der Waals surface area contributed by atoms with Crippen LogP contribution in [-0.2, 0) is 10.0 Å². The molecule has 0 bridgehead atoms. The molecule has 4 nitrogen and oxygen atoms in total. The summed E-state index contributed by atoms with van der Waals surface area (Å²) in [4.78, 5) is 2.14. The molecule has 4 rings (SSSR count). The van der Waals surface area contributed by atoms with Crippen LogP contribution in [0.4, 0.5) is 0 Å². The largest absolute Gasteiger partial charge is 0.358 e. The van der Waals surface area contributed by atoms with E-state index in [1.807, 2.05) is 0 Å². The molecule has 25 heavy (non-hydrogen) atoms. The average molecular weight is 354 g/mol. The Hall–Kier alpha value is -2.14. The number of hydrogen-bond acceptors (Lipinski definition) is 3. The Balaban J connectivity index is 1.65. The van der Waals surface area contributed by atoms with Crippen LogP contribution in [0.15, 0.2) is 52.9 Å². The molecule has 2 aliphatic heterocycles. The summed E-state index contributed by atoms with van der Waals surface area (Å²) in [5.74, 6) is 0.951. The third-order valence-electron chi connectivity index (χ3n) is 5.11. The number of benzene rings is 2. The van der Waals surface area contributed by atoms with Gasteiger partial charge in [-0.1, -0.05) is 54.1 Å². The van der Waals surface area contributed by atoms with Crippen molar-refractivity contribution >= 4 is 15.9 Å². The predicted molar refractivity (Wildman–Crippen MR) is 101 cm³/mol. The smallest absolute Gasteiger partial charge is 0.256 e. The Kier molecular flexibility index (Phi) is 4.12. The molecule has 0 amide bonds. The van der Waals surface area contributed by atoms with E-state index in [1.165, 1.54) is 16.7 Å². The fourth-order valence-corrected chi connectivity index (χ4v) is 4.75. The summed E-state index contributed by atoms with van der Waals surface area (Å²) in [6.45, 7) is 3.56. The van der Waals surface area contributed by atoms with Crippen LogP contribution in [0, 0.1) is 6.92 Å². The van der Waals surface area contributed by atoms with E-state index in [0.29, 0.717) is 6.54 Å². The first kappa shape index (κ1) is 16.3. The molecular formula is C20H22N2O2S. The third kappa shape index (κ3) is 3.33. The number of rotatable bonds is 2.